The smallest absolute Gasteiger partial charge is 0.0630 e. The average Bonchev–Trinajstić information content (AvgIpc) is 2.35. The maximum absolute atomic E-state index is 8.48. The zero-order chi connectivity index (χ0) is 13.4. The first-order valence-electron chi connectivity index (χ1n) is 5.37. The second-order valence-electron chi connectivity index (χ2n) is 3.44. The lowest BCUT2D eigenvalue weighted by atomic mass is 10.3. The summed E-state index contributed by atoms with van der Waals surface area (Å²) >= 11 is 3.07. The summed E-state index contributed by atoms with van der Waals surface area (Å²) in [5.41, 5.74) is 13.2. The van der Waals surface area contributed by atoms with Crippen LogP contribution in [-0.2, 0) is 0 Å². The molecular formula is C12H14N4S2. The van der Waals surface area contributed by atoms with Crippen molar-refractivity contribution in [3.8, 4) is 12.1 Å². The fourth-order valence-electron chi connectivity index (χ4n) is 1.25. The normalized spacial score (nSPS) is 9.67. The predicted molar refractivity (Wildman–Crippen MR) is 77.2 cm³/mol. The summed E-state index contributed by atoms with van der Waals surface area (Å²) in [7, 11) is 0. The van der Waals surface area contributed by atoms with Crippen LogP contribution >= 0.6 is 23.5 Å². The minimum Gasteiger partial charge on any atom is -0.398 e. The van der Waals surface area contributed by atoms with E-state index in [9.17, 15) is 0 Å². The van der Waals surface area contributed by atoms with Gasteiger partial charge in [-0.05, 0) is 12.1 Å². The van der Waals surface area contributed by atoms with E-state index in [0.29, 0.717) is 35.7 Å². The van der Waals surface area contributed by atoms with Gasteiger partial charge in [-0.15, -0.1) is 23.5 Å². The number of hydrogen-bond acceptors (Lipinski definition) is 6. The van der Waals surface area contributed by atoms with Crippen molar-refractivity contribution in [1.82, 2.24) is 0 Å². The Balaban J connectivity index is 2.71. The molecule has 0 aliphatic carbocycles. The van der Waals surface area contributed by atoms with Crippen molar-refractivity contribution in [2.45, 2.75) is 22.6 Å². The zero-order valence-electron chi connectivity index (χ0n) is 9.85. The van der Waals surface area contributed by atoms with Crippen molar-refractivity contribution in [2.75, 3.05) is 23.0 Å². The first-order valence-corrected chi connectivity index (χ1v) is 7.34. The van der Waals surface area contributed by atoms with E-state index in [0.717, 1.165) is 9.79 Å². The molecule has 0 aliphatic heterocycles. The molecule has 94 valence electrons. The number of hydrogen-bond donors (Lipinski definition) is 2. The minimum absolute atomic E-state index is 0.489. The number of nitrogen functional groups attached to an aromatic ring is 2. The molecule has 0 atom stereocenters. The molecular weight excluding hydrogens is 264 g/mol. The van der Waals surface area contributed by atoms with E-state index in [1.54, 1.807) is 0 Å². The van der Waals surface area contributed by atoms with E-state index in [1.165, 1.54) is 23.5 Å². The summed E-state index contributed by atoms with van der Waals surface area (Å²) in [4.78, 5) is 1.82. The quantitative estimate of drug-likeness (QED) is 0.471. The van der Waals surface area contributed by atoms with Crippen LogP contribution in [0.1, 0.15) is 12.8 Å². The molecule has 6 heteroatoms. The van der Waals surface area contributed by atoms with Crippen LogP contribution in [0, 0.1) is 22.7 Å². The van der Waals surface area contributed by atoms with E-state index >= 15 is 0 Å². The Hall–Kier alpha value is -1.50. The van der Waals surface area contributed by atoms with Crippen LogP contribution in [0.4, 0.5) is 11.4 Å². The second kappa shape index (κ2) is 7.75. The molecule has 0 amide bonds. The third-order valence-corrected chi connectivity index (χ3v) is 4.23. The highest BCUT2D eigenvalue weighted by molar-refractivity contribution is 8.00. The molecule has 18 heavy (non-hydrogen) atoms. The number of nitrogens with zero attached hydrogens (tertiary/aromatic N) is 2. The first-order chi connectivity index (χ1) is 8.69. The fourth-order valence-corrected chi connectivity index (χ4v) is 2.95. The lowest BCUT2D eigenvalue weighted by Crippen LogP contribution is -1.96. The van der Waals surface area contributed by atoms with Crippen LogP contribution in [-0.4, -0.2) is 11.5 Å². The summed E-state index contributed by atoms with van der Waals surface area (Å²) < 4.78 is 0. The van der Waals surface area contributed by atoms with E-state index in [4.69, 9.17) is 22.0 Å². The first kappa shape index (κ1) is 14.6. The highest BCUT2D eigenvalue weighted by Crippen LogP contribution is 2.35. The van der Waals surface area contributed by atoms with Crippen LogP contribution < -0.4 is 11.5 Å². The van der Waals surface area contributed by atoms with Gasteiger partial charge in [0, 0.05) is 45.5 Å². The molecule has 1 rings (SSSR count). The Morgan fingerprint density at radius 3 is 1.61 bits per heavy atom. The van der Waals surface area contributed by atoms with Gasteiger partial charge < -0.3 is 11.5 Å². The molecule has 1 aromatic carbocycles. The highest BCUT2D eigenvalue weighted by atomic mass is 32.2. The number of nitriles is 2. The summed E-state index contributed by atoms with van der Waals surface area (Å²) in [5.74, 6) is 1.42. The van der Waals surface area contributed by atoms with E-state index in [2.05, 4.69) is 12.1 Å². The molecule has 0 aromatic heterocycles. The minimum atomic E-state index is 0.489. The molecule has 0 fully saturated rings. The van der Waals surface area contributed by atoms with Crippen LogP contribution in [0.3, 0.4) is 0 Å². The summed E-state index contributed by atoms with van der Waals surface area (Å²) in [6.07, 6.45) is 0.978. The molecule has 0 bridgehead atoms. The number of anilines is 2. The second-order valence-corrected chi connectivity index (χ2v) is 5.71. The third-order valence-electron chi connectivity index (χ3n) is 2.09. The van der Waals surface area contributed by atoms with Gasteiger partial charge in [0.2, 0.25) is 0 Å². The number of thioether (sulfide) groups is 2. The molecule has 0 saturated heterocycles. The van der Waals surface area contributed by atoms with E-state index in [-0.39, 0.29) is 0 Å². The van der Waals surface area contributed by atoms with Crippen LogP contribution in [0.25, 0.3) is 0 Å². The standard InChI is InChI=1S/C12H14N4S2/c13-3-1-5-17-11-7-10(16)12(8-9(11)15)18-6-2-4-14/h7-8H,1-2,5-6,15-16H2. The van der Waals surface area contributed by atoms with Gasteiger partial charge in [-0.1, -0.05) is 0 Å². The number of rotatable bonds is 6. The molecule has 4 N–H and O–H groups in total. The molecule has 0 aliphatic rings. The third kappa shape index (κ3) is 4.40. The van der Waals surface area contributed by atoms with Gasteiger partial charge in [-0.3, -0.25) is 0 Å². The number of benzene rings is 1. The Morgan fingerprint density at radius 1 is 0.889 bits per heavy atom. The summed E-state index contributed by atoms with van der Waals surface area (Å²) in [6.45, 7) is 0. The maximum Gasteiger partial charge on any atom is 0.0630 e. The monoisotopic (exact) mass is 278 g/mol. The van der Waals surface area contributed by atoms with Gasteiger partial charge in [0.15, 0.2) is 0 Å². The summed E-state index contributed by atoms with van der Waals surface area (Å²) in [6, 6.07) is 7.86. The van der Waals surface area contributed by atoms with Crippen molar-refractivity contribution in [3.63, 3.8) is 0 Å². The van der Waals surface area contributed by atoms with Gasteiger partial charge in [0.05, 0.1) is 12.1 Å². The van der Waals surface area contributed by atoms with Gasteiger partial charge in [0.25, 0.3) is 0 Å². The zero-order valence-corrected chi connectivity index (χ0v) is 11.5. The topological polar surface area (TPSA) is 99.6 Å². The lowest BCUT2D eigenvalue weighted by molar-refractivity contribution is 1.23. The molecule has 0 unspecified atom stereocenters. The van der Waals surface area contributed by atoms with Crippen LogP contribution in [0.5, 0.6) is 0 Å². The number of nitrogens with two attached hydrogens (primary N) is 2. The fraction of sp³-hybridized carbons (Fsp3) is 0.333. The van der Waals surface area contributed by atoms with Crippen molar-refractivity contribution in [2.24, 2.45) is 0 Å². The van der Waals surface area contributed by atoms with Gasteiger partial charge in [0.1, 0.15) is 0 Å². The van der Waals surface area contributed by atoms with Crippen molar-refractivity contribution >= 4 is 34.9 Å². The Bertz CT molecular complexity index is 442. The Labute approximate surface area is 115 Å². The van der Waals surface area contributed by atoms with Crippen molar-refractivity contribution < 1.29 is 0 Å². The molecule has 0 saturated carbocycles. The molecule has 4 nitrogen and oxygen atoms in total. The van der Waals surface area contributed by atoms with Gasteiger partial charge >= 0.3 is 0 Å². The molecule has 0 heterocycles. The van der Waals surface area contributed by atoms with E-state index < -0.39 is 0 Å². The van der Waals surface area contributed by atoms with Crippen molar-refractivity contribution in [3.05, 3.63) is 12.1 Å². The predicted octanol–water partition coefficient (Wildman–Crippen LogP) is 2.86. The average molecular weight is 278 g/mol. The Morgan fingerprint density at radius 2 is 1.28 bits per heavy atom. The largest absolute Gasteiger partial charge is 0.398 e. The van der Waals surface area contributed by atoms with Gasteiger partial charge in [-0.2, -0.15) is 10.5 Å². The molecule has 0 radical (unpaired) electrons. The van der Waals surface area contributed by atoms with Crippen LogP contribution in [0.2, 0.25) is 0 Å². The van der Waals surface area contributed by atoms with Gasteiger partial charge in [-0.25, -0.2) is 0 Å². The maximum atomic E-state index is 8.48. The van der Waals surface area contributed by atoms with Crippen LogP contribution in [0.15, 0.2) is 21.9 Å². The highest BCUT2D eigenvalue weighted by Gasteiger charge is 2.07. The molecule has 0 spiro atoms. The summed E-state index contributed by atoms with van der Waals surface area (Å²) in [5, 5.41) is 17.0. The molecule has 1 aromatic rings. The Kier molecular flexibility index (Phi) is 6.27. The lowest BCUT2D eigenvalue weighted by Gasteiger charge is -2.10. The SMILES string of the molecule is N#CCCSc1cc(N)c(SCCC#N)cc1N. The van der Waals surface area contributed by atoms with E-state index in [1.807, 2.05) is 12.1 Å². The van der Waals surface area contributed by atoms with Crippen molar-refractivity contribution in [1.29, 1.82) is 10.5 Å².